The molecule has 5 heteroatoms. The van der Waals surface area contributed by atoms with Gasteiger partial charge in [-0.15, -0.1) is 22.7 Å². The van der Waals surface area contributed by atoms with Crippen LogP contribution in [0.4, 0.5) is 34.1 Å². The largest absolute Gasteiger partial charge is 0.309 e. The van der Waals surface area contributed by atoms with Crippen LogP contribution in [0.2, 0.25) is 5.02 Å². The van der Waals surface area contributed by atoms with Gasteiger partial charge in [0.05, 0.1) is 25.8 Å². The molecule has 9 rings (SSSR count). The number of thiophene rings is 2. The van der Waals surface area contributed by atoms with Crippen LogP contribution in [-0.4, -0.2) is 0 Å². The Hall–Kier alpha value is -5.13. The van der Waals surface area contributed by atoms with Crippen LogP contribution in [0.5, 0.6) is 0 Å². The van der Waals surface area contributed by atoms with E-state index in [-0.39, 0.29) is 0 Å². The van der Waals surface area contributed by atoms with Crippen LogP contribution in [0.3, 0.4) is 0 Å². The Balaban J connectivity index is 1.29. The standard InChI is InChI=1S/C42H27ClN2S2/c43-35-26-31(27-39-40(35)34-20-10-11-25-38(34)46-39)45(30-18-8-3-9-19-30)37-24-13-22-33-32-21-12-23-36(41(32)47-42(33)37)44(28-14-4-1-5-15-28)29-16-6-2-7-17-29/h1-27H. The summed E-state index contributed by atoms with van der Waals surface area (Å²) in [4.78, 5) is 4.72. The van der Waals surface area contributed by atoms with Crippen LogP contribution in [0.1, 0.15) is 0 Å². The molecule has 7 aromatic carbocycles. The predicted octanol–water partition coefficient (Wildman–Crippen LogP) is 14.0. The van der Waals surface area contributed by atoms with E-state index in [9.17, 15) is 0 Å². The molecule has 0 spiro atoms. The highest BCUT2D eigenvalue weighted by Gasteiger charge is 2.22. The maximum absolute atomic E-state index is 7.13. The Kier molecular flexibility index (Phi) is 6.93. The summed E-state index contributed by atoms with van der Waals surface area (Å²) in [7, 11) is 0. The first-order valence-corrected chi connectivity index (χ1v) is 17.6. The topological polar surface area (TPSA) is 6.48 Å². The lowest BCUT2D eigenvalue weighted by molar-refractivity contribution is 1.30. The van der Waals surface area contributed by atoms with Crippen LogP contribution in [0.25, 0.3) is 40.3 Å². The summed E-state index contributed by atoms with van der Waals surface area (Å²) in [5.74, 6) is 0. The number of halogens is 1. The Morgan fingerprint density at radius 2 is 0.851 bits per heavy atom. The van der Waals surface area contributed by atoms with Crippen molar-refractivity contribution in [3.05, 3.63) is 169 Å². The Labute approximate surface area is 285 Å². The highest BCUT2D eigenvalue weighted by molar-refractivity contribution is 7.27. The van der Waals surface area contributed by atoms with Crippen molar-refractivity contribution in [3.8, 4) is 0 Å². The molecule has 0 unspecified atom stereocenters. The zero-order valence-electron chi connectivity index (χ0n) is 25.2. The lowest BCUT2D eigenvalue weighted by Crippen LogP contribution is -2.10. The molecule has 0 amide bonds. The molecule has 2 nitrogen and oxygen atoms in total. The number of hydrogen-bond donors (Lipinski definition) is 0. The van der Waals surface area contributed by atoms with E-state index >= 15 is 0 Å². The maximum atomic E-state index is 7.13. The van der Waals surface area contributed by atoms with E-state index in [1.54, 1.807) is 11.3 Å². The van der Waals surface area contributed by atoms with Gasteiger partial charge in [0.1, 0.15) is 0 Å². The Morgan fingerprint density at radius 1 is 0.383 bits per heavy atom. The fourth-order valence-corrected chi connectivity index (χ4v) is 9.49. The first-order valence-electron chi connectivity index (χ1n) is 15.5. The minimum atomic E-state index is 0.767. The molecule has 0 saturated carbocycles. The van der Waals surface area contributed by atoms with Crippen LogP contribution in [0, 0.1) is 0 Å². The Bertz CT molecular complexity index is 2500. The van der Waals surface area contributed by atoms with Gasteiger partial charge in [-0.1, -0.05) is 109 Å². The van der Waals surface area contributed by atoms with E-state index in [0.717, 1.165) is 44.5 Å². The minimum Gasteiger partial charge on any atom is -0.309 e. The lowest BCUT2D eigenvalue weighted by atomic mass is 10.1. The summed E-state index contributed by atoms with van der Waals surface area (Å²) in [6.45, 7) is 0. The SMILES string of the molecule is Clc1cc(N(c2ccccc2)c2cccc3c2sc2c(N(c4ccccc4)c4ccccc4)cccc23)cc2sc3ccccc3c12. The van der Waals surface area contributed by atoms with Gasteiger partial charge in [-0.2, -0.15) is 0 Å². The second-order valence-electron chi connectivity index (χ2n) is 11.5. The Morgan fingerprint density at radius 3 is 1.40 bits per heavy atom. The van der Waals surface area contributed by atoms with Gasteiger partial charge in [-0.05, 0) is 66.7 Å². The molecule has 0 aliphatic rings. The molecule has 224 valence electrons. The van der Waals surface area contributed by atoms with Crippen LogP contribution < -0.4 is 9.80 Å². The van der Waals surface area contributed by atoms with Crippen LogP contribution >= 0.6 is 34.3 Å². The molecule has 2 heterocycles. The van der Waals surface area contributed by atoms with Crippen molar-refractivity contribution in [2.75, 3.05) is 9.80 Å². The quantitative estimate of drug-likeness (QED) is 0.175. The molecule has 0 aliphatic carbocycles. The number of para-hydroxylation sites is 3. The van der Waals surface area contributed by atoms with Gasteiger partial charge in [0.15, 0.2) is 0 Å². The third-order valence-electron chi connectivity index (χ3n) is 8.68. The van der Waals surface area contributed by atoms with E-state index < -0.39 is 0 Å². The summed E-state index contributed by atoms with van der Waals surface area (Å²) < 4.78 is 4.90. The number of rotatable bonds is 6. The zero-order chi connectivity index (χ0) is 31.3. The number of hydrogen-bond acceptors (Lipinski definition) is 4. The second kappa shape index (κ2) is 11.6. The third kappa shape index (κ3) is 4.76. The molecule has 47 heavy (non-hydrogen) atoms. The average Bonchev–Trinajstić information content (AvgIpc) is 3.70. The molecule has 0 radical (unpaired) electrons. The number of nitrogens with zero attached hydrogens (tertiary/aromatic N) is 2. The predicted molar refractivity (Wildman–Crippen MR) is 207 cm³/mol. The van der Waals surface area contributed by atoms with Crippen molar-refractivity contribution < 1.29 is 0 Å². The summed E-state index contributed by atoms with van der Waals surface area (Å²) in [6, 6.07) is 58.1. The van der Waals surface area contributed by atoms with E-state index in [2.05, 4.69) is 174 Å². The van der Waals surface area contributed by atoms with Gasteiger partial charge < -0.3 is 9.80 Å². The number of fused-ring (bicyclic) bond motifs is 6. The molecular weight excluding hydrogens is 632 g/mol. The van der Waals surface area contributed by atoms with Crippen molar-refractivity contribution >= 4 is 109 Å². The van der Waals surface area contributed by atoms with Gasteiger partial charge >= 0.3 is 0 Å². The summed E-state index contributed by atoms with van der Waals surface area (Å²) in [5.41, 5.74) is 6.67. The van der Waals surface area contributed by atoms with Crippen molar-refractivity contribution in [1.29, 1.82) is 0 Å². The smallest absolute Gasteiger partial charge is 0.0640 e. The van der Waals surface area contributed by atoms with Crippen LogP contribution in [-0.2, 0) is 0 Å². The van der Waals surface area contributed by atoms with Crippen molar-refractivity contribution in [3.63, 3.8) is 0 Å². The van der Waals surface area contributed by atoms with Crippen molar-refractivity contribution in [2.45, 2.75) is 0 Å². The average molecular weight is 659 g/mol. The fourth-order valence-electron chi connectivity index (χ4n) is 6.65. The second-order valence-corrected chi connectivity index (χ2v) is 14.0. The van der Waals surface area contributed by atoms with Crippen molar-refractivity contribution in [2.24, 2.45) is 0 Å². The molecule has 0 aliphatic heterocycles. The van der Waals surface area contributed by atoms with Gasteiger partial charge in [0.2, 0.25) is 0 Å². The van der Waals surface area contributed by atoms with E-state index in [1.807, 2.05) is 11.3 Å². The summed E-state index contributed by atoms with van der Waals surface area (Å²) in [5, 5.41) is 5.57. The van der Waals surface area contributed by atoms with Gasteiger partial charge in [0.25, 0.3) is 0 Å². The maximum Gasteiger partial charge on any atom is 0.0640 e. The molecule has 0 N–H and O–H groups in total. The van der Waals surface area contributed by atoms with Gasteiger partial charge in [-0.25, -0.2) is 0 Å². The first-order chi connectivity index (χ1) is 23.2. The van der Waals surface area contributed by atoms with E-state index in [4.69, 9.17) is 11.6 Å². The van der Waals surface area contributed by atoms with E-state index in [1.165, 1.54) is 35.0 Å². The minimum absolute atomic E-state index is 0.767. The van der Waals surface area contributed by atoms with Gasteiger partial charge in [0, 0.05) is 53.7 Å². The zero-order valence-corrected chi connectivity index (χ0v) is 27.6. The summed E-state index contributed by atoms with van der Waals surface area (Å²) >= 11 is 10.8. The normalized spacial score (nSPS) is 11.5. The van der Waals surface area contributed by atoms with Crippen molar-refractivity contribution in [1.82, 2.24) is 0 Å². The van der Waals surface area contributed by atoms with E-state index in [0.29, 0.717) is 0 Å². The molecule has 2 aromatic heterocycles. The number of benzene rings is 7. The lowest BCUT2D eigenvalue weighted by Gasteiger charge is -2.26. The highest BCUT2D eigenvalue weighted by Crippen LogP contribution is 2.50. The fraction of sp³-hybridized carbons (Fsp3) is 0. The van der Waals surface area contributed by atoms with Crippen LogP contribution in [0.15, 0.2) is 164 Å². The molecule has 0 bridgehead atoms. The molecule has 0 saturated heterocycles. The third-order valence-corrected chi connectivity index (χ3v) is 11.4. The summed E-state index contributed by atoms with van der Waals surface area (Å²) in [6.07, 6.45) is 0. The molecule has 0 fully saturated rings. The molecular formula is C42H27ClN2S2. The number of anilines is 6. The van der Waals surface area contributed by atoms with Gasteiger partial charge in [-0.3, -0.25) is 0 Å². The monoisotopic (exact) mass is 658 g/mol. The molecule has 0 atom stereocenters. The molecule has 9 aromatic rings. The first kappa shape index (κ1) is 28.1. The highest BCUT2D eigenvalue weighted by atomic mass is 35.5.